The van der Waals surface area contributed by atoms with Crippen LogP contribution in [0.1, 0.15) is 35.5 Å². The molecule has 3 rings (SSSR count). The van der Waals surface area contributed by atoms with Crippen molar-refractivity contribution in [2.24, 2.45) is 0 Å². The molecule has 1 amide bonds. The smallest absolute Gasteiger partial charge is 0.280 e. The maximum absolute atomic E-state index is 12.7. The molecule has 8 nitrogen and oxygen atoms in total. The van der Waals surface area contributed by atoms with Crippen LogP contribution < -0.4 is 10.0 Å². The number of carbonyl (C=O) groups is 1. The second-order valence-corrected chi connectivity index (χ2v) is 9.06. The van der Waals surface area contributed by atoms with E-state index < -0.39 is 22.3 Å². The number of aryl methyl sites for hydroxylation is 2. The number of carbonyl (C=O) groups excluding carboxylic acids is 1. The van der Waals surface area contributed by atoms with Crippen molar-refractivity contribution in [2.45, 2.75) is 45.4 Å². The number of thiophene rings is 1. The summed E-state index contributed by atoms with van der Waals surface area (Å²) < 4.78 is 30.6. The van der Waals surface area contributed by atoms with Crippen LogP contribution in [0, 0.1) is 6.92 Å². The molecular formula is C16H23N5O3S2. The molecule has 2 atom stereocenters. The van der Waals surface area contributed by atoms with Gasteiger partial charge in [-0.25, -0.2) is 0 Å². The minimum absolute atomic E-state index is 0.295. The molecule has 2 aromatic rings. The Morgan fingerprint density at radius 3 is 2.88 bits per heavy atom. The minimum Gasteiger partial charge on any atom is -0.350 e. The van der Waals surface area contributed by atoms with Crippen LogP contribution in [0.4, 0.5) is 0 Å². The summed E-state index contributed by atoms with van der Waals surface area (Å²) in [5.41, 5.74) is 1.57. The van der Waals surface area contributed by atoms with E-state index in [1.54, 1.807) is 16.0 Å². The Bertz CT molecular complexity index is 876. The van der Waals surface area contributed by atoms with Gasteiger partial charge in [0.1, 0.15) is 6.04 Å². The highest BCUT2D eigenvalue weighted by Crippen LogP contribution is 2.29. The lowest BCUT2D eigenvalue weighted by Gasteiger charge is -2.36. The Balaban J connectivity index is 1.79. The molecule has 1 saturated heterocycles. The third-order valence-corrected chi connectivity index (χ3v) is 7.04. The number of hydrogen-bond donors (Lipinski definition) is 2. The summed E-state index contributed by atoms with van der Waals surface area (Å²) in [5.74, 6) is -0.295. The van der Waals surface area contributed by atoms with Crippen LogP contribution in [0.25, 0.3) is 0 Å². The first-order chi connectivity index (χ1) is 12.3. The van der Waals surface area contributed by atoms with Gasteiger partial charge < -0.3 is 5.32 Å². The highest BCUT2D eigenvalue weighted by atomic mass is 32.2. The molecular weight excluding hydrogens is 374 g/mol. The predicted octanol–water partition coefficient (Wildman–Crippen LogP) is 1.17. The molecule has 1 aliphatic rings. The summed E-state index contributed by atoms with van der Waals surface area (Å²) in [6, 6.07) is 2.60. The first-order valence-corrected chi connectivity index (χ1v) is 10.7. The highest BCUT2D eigenvalue weighted by molar-refractivity contribution is 7.87. The van der Waals surface area contributed by atoms with Gasteiger partial charge in [-0.3, -0.25) is 9.48 Å². The van der Waals surface area contributed by atoms with E-state index in [4.69, 9.17) is 0 Å². The van der Waals surface area contributed by atoms with Crippen molar-refractivity contribution in [2.75, 3.05) is 7.05 Å². The van der Waals surface area contributed by atoms with E-state index in [0.717, 1.165) is 20.4 Å². The maximum Gasteiger partial charge on any atom is 0.280 e. The Morgan fingerprint density at radius 1 is 1.50 bits per heavy atom. The molecule has 26 heavy (non-hydrogen) atoms. The average molecular weight is 398 g/mol. The first-order valence-electron chi connectivity index (χ1n) is 8.41. The predicted molar refractivity (Wildman–Crippen MR) is 99.8 cm³/mol. The molecule has 0 aliphatic carbocycles. The maximum atomic E-state index is 12.7. The molecule has 2 aromatic heterocycles. The van der Waals surface area contributed by atoms with Crippen molar-refractivity contribution in [1.29, 1.82) is 0 Å². The summed E-state index contributed by atoms with van der Waals surface area (Å²) >= 11 is 1.55. The molecule has 142 valence electrons. The SMILES string of the molecule is CCn1cc(C2CC(C(=O)NCc3cccs3)N(C)S(=O)(=O)N2)c(C)n1. The van der Waals surface area contributed by atoms with Gasteiger partial charge in [0, 0.05) is 30.2 Å². The molecule has 0 radical (unpaired) electrons. The van der Waals surface area contributed by atoms with Crippen LogP contribution in [-0.4, -0.2) is 41.5 Å². The lowest BCUT2D eigenvalue weighted by Crippen LogP contribution is -2.57. The van der Waals surface area contributed by atoms with Gasteiger partial charge in [-0.1, -0.05) is 6.07 Å². The topological polar surface area (TPSA) is 96.3 Å². The monoisotopic (exact) mass is 397 g/mol. The van der Waals surface area contributed by atoms with Crippen LogP contribution in [0.3, 0.4) is 0 Å². The average Bonchev–Trinajstić information content (AvgIpc) is 3.24. The lowest BCUT2D eigenvalue weighted by atomic mass is 10.00. The summed E-state index contributed by atoms with van der Waals surface area (Å²) in [6.07, 6.45) is 2.19. The van der Waals surface area contributed by atoms with E-state index in [9.17, 15) is 13.2 Å². The molecule has 0 saturated carbocycles. The van der Waals surface area contributed by atoms with Gasteiger partial charge >= 0.3 is 0 Å². The first kappa shape index (κ1) is 19.0. The molecule has 2 unspecified atom stereocenters. The fourth-order valence-corrected chi connectivity index (χ4v) is 4.97. The molecule has 0 spiro atoms. The minimum atomic E-state index is -3.75. The fraction of sp³-hybridized carbons (Fsp3) is 0.500. The van der Waals surface area contributed by atoms with Crippen molar-refractivity contribution in [3.05, 3.63) is 39.8 Å². The van der Waals surface area contributed by atoms with Crippen LogP contribution in [-0.2, 0) is 28.1 Å². The van der Waals surface area contributed by atoms with E-state index in [-0.39, 0.29) is 5.91 Å². The van der Waals surface area contributed by atoms with Crippen LogP contribution in [0.2, 0.25) is 0 Å². The van der Waals surface area contributed by atoms with Crippen molar-refractivity contribution in [1.82, 2.24) is 24.1 Å². The summed E-state index contributed by atoms with van der Waals surface area (Å²) in [4.78, 5) is 13.7. The quantitative estimate of drug-likeness (QED) is 0.792. The number of aromatic nitrogens is 2. The molecule has 1 fully saturated rings. The Hall–Kier alpha value is -1.75. The van der Waals surface area contributed by atoms with E-state index in [0.29, 0.717) is 19.5 Å². The van der Waals surface area contributed by atoms with Crippen molar-refractivity contribution < 1.29 is 13.2 Å². The van der Waals surface area contributed by atoms with Gasteiger partial charge in [-0.15, -0.1) is 11.3 Å². The number of nitrogens with zero attached hydrogens (tertiary/aromatic N) is 3. The Morgan fingerprint density at radius 2 is 2.27 bits per heavy atom. The molecule has 10 heteroatoms. The Labute approximate surface area is 157 Å². The van der Waals surface area contributed by atoms with Crippen LogP contribution in [0.15, 0.2) is 23.7 Å². The largest absolute Gasteiger partial charge is 0.350 e. The van der Waals surface area contributed by atoms with Gasteiger partial charge in [0.15, 0.2) is 0 Å². The van der Waals surface area contributed by atoms with Gasteiger partial charge in [0.25, 0.3) is 10.2 Å². The number of hydrogen-bond acceptors (Lipinski definition) is 5. The molecule has 2 N–H and O–H groups in total. The zero-order valence-corrected chi connectivity index (χ0v) is 16.6. The van der Waals surface area contributed by atoms with Gasteiger partial charge in [0.2, 0.25) is 5.91 Å². The van der Waals surface area contributed by atoms with E-state index in [2.05, 4.69) is 15.1 Å². The van der Waals surface area contributed by atoms with Gasteiger partial charge in [-0.05, 0) is 31.7 Å². The number of rotatable bonds is 5. The standard InChI is InChI=1S/C16H23N5O3S2/c1-4-21-10-13(11(2)18-21)14-8-15(20(3)26(23,24)19-14)16(22)17-9-12-6-5-7-25-12/h5-7,10,14-15,19H,4,8-9H2,1-3H3,(H,17,22). The fourth-order valence-electron chi connectivity index (χ4n) is 3.06. The summed E-state index contributed by atoms with van der Waals surface area (Å²) in [6.45, 7) is 4.91. The van der Waals surface area contributed by atoms with E-state index in [1.807, 2.05) is 37.6 Å². The van der Waals surface area contributed by atoms with Gasteiger partial charge in [0.05, 0.1) is 18.3 Å². The summed E-state index contributed by atoms with van der Waals surface area (Å²) in [7, 11) is -2.32. The van der Waals surface area contributed by atoms with Crippen LogP contribution in [0.5, 0.6) is 0 Å². The summed E-state index contributed by atoms with van der Waals surface area (Å²) in [5, 5.41) is 9.16. The second kappa shape index (κ2) is 7.47. The van der Waals surface area contributed by atoms with Crippen molar-refractivity contribution in [3.8, 4) is 0 Å². The van der Waals surface area contributed by atoms with E-state index in [1.165, 1.54) is 7.05 Å². The number of likely N-dealkylation sites (N-methyl/N-ethyl adjacent to an activating group) is 1. The van der Waals surface area contributed by atoms with Crippen LogP contribution >= 0.6 is 11.3 Å². The molecule has 3 heterocycles. The zero-order valence-electron chi connectivity index (χ0n) is 15.0. The molecule has 1 aliphatic heterocycles. The van der Waals surface area contributed by atoms with Crippen molar-refractivity contribution >= 4 is 27.5 Å². The third kappa shape index (κ3) is 3.83. The lowest BCUT2D eigenvalue weighted by molar-refractivity contribution is -0.125. The number of nitrogens with one attached hydrogen (secondary N) is 2. The highest BCUT2D eigenvalue weighted by Gasteiger charge is 2.41. The normalized spacial score (nSPS) is 23.0. The van der Waals surface area contributed by atoms with E-state index >= 15 is 0 Å². The van der Waals surface area contributed by atoms with Crippen molar-refractivity contribution in [3.63, 3.8) is 0 Å². The second-order valence-electron chi connectivity index (χ2n) is 6.27. The molecule has 0 aromatic carbocycles. The molecule has 0 bridgehead atoms. The zero-order chi connectivity index (χ0) is 18.9. The van der Waals surface area contributed by atoms with Gasteiger partial charge in [-0.2, -0.15) is 22.5 Å². The third-order valence-electron chi connectivity index (χ3n) is 4.57. The number of amides is 1. The Kier molecular flexibility index (Phi) is 5.47.